The van der Waals surface area contributed by atoms with Gasteiger partial charge in [-0.25, -0.2) is 13.8 Å². The number of carbonyl (C=O) groups is 4. The highest BCUT2D eigenvalue weighted by Gasteiger charge is 2.46. The number of piperazine rings is 2. The predicted molar refractivity (Wildman–Crippen MR) is 296 cm³/mol. The average molecular weight is 1090 g/mol. The van der Waals surface area contributed by atoms with E-state index < -0.39 is 29.5 Å². The maximum atomic E-state index is 17.7. The molecular weight excluding hydrogens is 1020 g/mol. The Labute approximate surface area is 464 Å². The monoisotopic (exact) mass is 1090 g/mol. The van der Waals surface area contributed by atoms with Gasteiger partial charge in [0.25, 0.3) is 5.91 Å². The van der Waals surface area contributed by atoms with Gasteiger partial charge >= 0.3 is 6.01 Å². The van der Waals surface area contributed by atoms with Gasteiger partial charge in [-0.1, -0.05) is 25.8 Å². The van der Waals surface area contributed by atoms with E-state index in [-0.39, 0.29) is 99.0 Å². The first-order valence-electron chi connectivity index (χ1n) is 28.1. The van der Waals surface area contributed by atoms with Gasteiger partial charge < -0.3 is 44.0 Å². The molecular formula is C60H67F2N11O7. The fourth-order valence-electron chi connectivity index (χ4n) is 12.8. The third-order valence-corrected chi connectivity index (χ3v) is 17.6. The lowest BCUT2D eigenvalue weighted by molar-refractivity contribution is -0.139. The van der Waals surface area contributed by atoms with E-state index in [0.29, 0.717) is 61.6 Å². The number of hydrogen-bond acceptors (Lipinski definition) is 15. The van der Waals surface area contributed by atoms with Crippen LogP contribution >= 0.6 is 0 Å². The molecule has 5 aromatic rings. The van der Waals surface area contributed by atoms with Crippen LogP contribution in [0.1, 0.15) is 93.6 Å². The third-order valence-electron chi connectivity index (χ3n) is 17.6. The van der Waals surface area contributed by atoms with E-state index in [1.807, 2.05) is 35.8 Å². The summed E-state index contributed by atoms with van der Waals surface area (Å²) in [7, 11) is 1.40. The molecule has 5 aliphatic heterocycles. The highest BCUT2D eigenvalue weighted by atomic mass is 19.1. The van der Waals surface area contributed by atoms with Gasteiger partial charge in [0.15, 0.2) is 5.82 Å². The number of carbonyl (C=O) groups excluding carboxylic acids is 4. The second-order valence-corrected chi connectivity index (χ2v) is 22.7. The third kappa shape index (κ3) is 10.3. The number of nitriles is 1. The SMILES string of the molecule is C#Cc1c(F)ccc2cc(O)cc(-c3nc(OC)c4c(N5CC(CC)N(C(=O)C(C)C#N)C(CC)C5)nc(OCC5(CN6CCN(CC7CCN(c8ccc9c(c8)CN(C8CCC(=O)NC8=O)C9=O)CC7)CC6)CC5)nc4c3F)c12. The molecule has 7 heterocycles. The number of methoxy groups -OCH3 is 1. The molecule has 6 aliphatic rings. The number of fused-ring (bicyclic) bond motifs is 3. The summed E-state index contributed by atoms with van der Waals surface area (Å²) >= 11 is 0. The number of nitrogens with one attached hydrogen (secondary N) is 1. The number of benzene rings is 3. The van der Waals surface area contributed by atoms with Gasteiger partial charge in [0.1, 0.15) is 45.9 Å². The van der Waals surface area contributed by atoms with Crippen molar-refractivity contribution in [3.05, 3.63) is 70.8 Å². The molecule has 4 amide bonds. The maximum absolute atomic E-state index is 17.7. The lowest BCUT2D eigenvalue weighted by atomic mass is 9.95. The first-order chi connectivity index (χ1) is 38.6. The van der Waals surface area contributed by atoms with E-state index in [2.05, 4.69) is 43.1 Å². The molecule has 4 unspecified atom stereocenters. The summed E-state index contributed by atoms with van der Waals surface area (Å²) in [5.74, 6) is -0.496. The van der Waals surface area contributed by atoms with Crippen LogP contribution in [0.2, 0.25) is 0 Å². The summed E-state index contributed by atoms with van der Waals surface area (Å²) in [4.78, 5) is 78.6. The molecule has 0 radical (unpaired) electrons. The Morgan fingerprint density at radius 2 is 1.64 bits per heavy atom. The highest BCUT2D eigenvalue weighted by Crippen LogP contribution is 2.48. The number of anilines is 2. The fraction of sp³-hybridized carbons (Fsp3) is 0.500. The quantitative estimate of drug-likeness (QED) is 0.0835. The Bertz CT molecular complexity index is 3370. The van der Waals surface area contributed by atoms with Gasteiger partial charge in [-0.3, -0.25) is 24.5 Å². The summed E-state index contributed by atoms with van der Waals surface area (Å²) in [6.45, 7) is 14.2. The number of aromatic nitrogens is 3. The number of terminal acetylenes is 1. The van der Waals surface area contributed by atoms with Crippen molar-refractivity contribution in [2.24, 2.45) is 17.3 Å². The van der Waals surface area contributed by atoms with E-state index in [1.165, 1.54) is 31.4 Å². The molecule has 18 nitrogen and oxygen atoms in total. The van der Waals surface area contributed by atoms with Gasteiger partial charge in [-0.2, -0.15) is 15.2 Å². The lowest BCUT2D eigenvalue weighted by Crippen LogP contribution is -2.61. The van der Waals surface area contributed by atoms with Gasteiger partial charge in [0.2, 0.25) is 23.6 Å². The minimum absolute atomic E-state index is 0.0218. The van der Waals surface area contributed by atoms with Crippen LogP contribution < -0.4 is 24.6 Å². The Balaban J connectivity index is 0.779. The van der Waals surface area contributed by atoms with Crippen LogP contribution in [0, 0.1) is 52.6 Å². The largest absolute Gasteiger partial charge is 0.508 e. The minimum atomic E-state index is -0.881. The van der Waals surface area contributed by atoms with Crippen molar-refractivity contribution in [2.45, 2.75) is 96.8 Å². The maximum Gasteiger partial charge on any atom is 0.319 e. The number of imide groups is 1. The number of hydrogen-bond donors (Lipinski definition) is 2. The number of nitrogens with zero attached hydrogens (tertiary/aromatic N) is 10. The van der Waals surface area contributed by atoms with Crippen molar-refractivity contribution >= 4 is 56.8 Å². The standard InChI is InChI=1S/C60H67F2N11O7/c1-6-39-31-71(32-40(7-2)73(39)57(77)35(4)28-63)54-50-53(51(62)52(65-56(50)79-5)45-27-42(74)26-37-9-12-46(61)43(8-3)49(37)45)66-59(67-54)80-34-60(17-18-60)33-69-23-21-68(22-24-69)29-36-15-19-70(20-16-36)41-10-11-44-38(25-41)30-72(58(44)78)47-13-14-48(75)64-55(47)76/h3,9-12,25-27,35-36,39-40,47,74H,6-7,13-24,29-34H2,1-2,4-5H3,(H,64,75,76). The van der Waals surface area contributed by atoms with E-state index in [9.17, 15) is 29.5 Å². The molecule has 2 aromatic heterocycles. The highest BCUT2D eigenvalue weighted by molar-refractivity contribution is 6.06. The number of halogens is 2. The number of aromatic hydroxyl groups is 1. The average Bonchev–Trinajstić information content (AvgIpc) is 3.98. The summed E-state index contributed by atoms with van der Waals surface area (Å²) in [6, 6.07) is 12.1. The fourth-order valence-corrected chi connectivity index (χ4v) is 12.8. The molecule has 20 heteroatoms. The summed E-state index contributed by atoms with van der Waals surface area (Å²) in [5.41, 5.74) is 1.95. The second kappa shape index (κ2) is 22.1. The summed E-state index contributed by atoms with van der Waals surface area (Å²) in [6.07, 6.45) is 11.5. The van der Waals surface area contributed by atoms with Crippen molar-refractivity contribution in [2.75, 3.05) is 89.0 Å². The van der Waals surface area contributed by atoms with Gasteiger partial charge in [-0.05, 0) is 105 Å². The summed E-state index contributed by atoms with van der Waals surface area (Å²) in [5, 5.41) is 23.8. The van der Waals surface area contributed by atoms with Gasteiger partial charge in [0, 0.05) is 118 Å². The van der Waals surface area contributed by atoms with E-state index in [1.54, 1.807) is 11.8 Å². The van der Waals surface area contributed by atoms with E-state index in [0.717, 1.165) is 89.3 Å². The molecule has 418 valence electrons. The number of ether oxygens (including phenoxy) is 2. The number of amides is 4. The van der Waals surface area contributed by atoms with Crippen LogP contribution in [0.3, 0.4) is 0 Å². The second-order valence-electron chi connectivity index (χ2n) is 22.7. The smallest absolute Gasteiger partial charge is 0.319 e. The predicted octanol–water partition coefficient (Wildman–Crippen LogP) is 6.64. The van der Waals surface area contributed by atoms with Crippen molar-refractivity contribution in [1.29, 1.82) is 5.26 Å². The van der Waals surface area contributed by atoms with Crippen molar-refractivity contribution < 1.29 is 42.5 Å². The Kier molecular flexibility index (Phi) is 15.0. The van der Waals surface area contributed by atoms with Gasteiger partial charge in [-0.15, -0.1) is 6.42 Å². The van der Waals surface area contributed by atoms with Crippen molar-refractivity contribution in [3.63, 3.8) is 0 Å². The molecule has 0 spiro atoms. The first kappa shape index (κ1) is 54.3. The molecule has 80 heavy (non-hydrogen) atoms. The zero-order valence-electron chi connectivity index (χ0n) is 45.8. The Morgan fingerprint density at radius 3 is 2.30 bits per heavy atom. The molecule has 1 saturated carbocycles. The van der Waals surface area contributed by atoms with E-state index in [4.69, 9.17) is 25.9 Å². The lowest BCUT2D eigenvalue weighted by Gasteiger charge is -2.47. The molecule has 3 aromatic carbocycles. The van der Waals surface area contributed by atoms with Crippen LogP contribution in [-0.2, 0) is 20.9 Å². The molecule has 5 fully saturated rings. The number of piperidine rings is 2. The molecule has 4 saturated heterocycles. The zero-order valence-corrected chi connectivity index (χ0v) is 45.8. The first-order valence-corrected chi connectivity index (χ1v) is 28.1. The van der Waals surface area contributed by atoms with Crippen LogP contribution in [0.25, 0.3) is 32.9 Å². The van der Waals surface area contributed by atoms with Crippen LogP contribution in [0.15, 0.2) is 42.5 Å². The number of rotatable bonds is 15. The number of pyridine rings is 1. The number of phenols is 1. The molecule has 11 rings (SSSR count). The zero-order chi connectivity index (χ0) is 56.1. The van der Waals surface area contributed by atoms with E-state index >= 15 is 8.78 Å². The number of phenolic OH excluding ortho intramolecular Hbond substituents is 1. The molecule has 1 aliphatic carbocycles. The van der Waals surface area contributed by atoms with Crippen molar-refractivity contribution in [1.82, 2.24) is 39.9 Å². The Hall–Kier alpha value is -7.68. The molecule has 0 bridgehead atoms. The van der Waals surface area contributed by atoms with Crippen LogP contribution in [-0.4, -0.2) is 161 Å². The van der Waals surface area contributed by atoms with Gasteiger partial charge in [0.05, 0.1) is 25.3 Å². The van der Waals surface area contributed by atoms with Crippen LogP contribution in [0.4, 0.5) is 20.3 Å². The topological polar surface area (TPSA) is 201 Å². The molecule has 4 atom stereocenters. The molecule has 2 N–H and O–H groups in total. The summed E-state index contributed by atoms with van der Waals surface area (Å²) < 4.78 is 45.6. The van der Waals surface area contributed by atoms with Crippen LogP contribution in [0.5, 0.6) is 17.6 Å². The Morgan fingerprint density at radius 1 is 0.912 bits per heavy atom. The van der Waals surface area contributed by atoms with Crippen molar-refractivity contribution in [3.8, 4) is 47.3 Å². The minimum Gasteiger partial charge on any atom is -0.508 e. The normalized spacial score (nSPS) is 22.1.